The number of nitrogens with one attached hydrogen (secondary N) is 1. The highest BCUT2D eigenvalue weighted by Crippen LogP contribution is 2.23. The predicted octanol–water partition coefficient (Wildman–Crippen LogP) is 1.37. The number of pyridine rings is 1. The summed E-state index contributed by atoms with van der Waals surface area (Å²) >= 11 is 0. The minimum absolute atomic E-state index is 0.248. The smallest absolute Gasteiger partial charge is 0.321 e. The normalized spacial score (nSPS) is 13.0. The van der Waals surface area contributed by atoms with Gasteiger partial charge in [0.25, 0.3) is 11.5 Å². The van der Waals surface area contributed by atoms with Crippen LogP contribution in [0.4, 0.5) is 5.69 Å². The van der Waals surface area contributed by atoms with Gasteiger partial charge in [-0.2, -0.15) is 0 Å². The highest BCUT2D eigenvalue weighted by molar-refractivity contribution is 6.05. The van der Waals surface area contributed by atoms with Gasteiger partial charge in [0.1, 0.15) is 5.65 Å². The fourth-order valence-electron chi connectivity index (χ4n) is 3.45. The van der Waals surface area contributed by atoms with Crippen molar-refractivity contribution in [3.63, 3.8) is 0 Å². The van der Waals surface area contributed by atoms with Gasteiger partial charge < -0.3 is 5.32 Å². The number of amides is 1. The Balaban J connectivity index is 1.70. The first-order chi connectivity index (χ1) is 12.5. The first-order valence-corrected chi connectivity index (χ1v) is 8.44. The van der Waals surface area contributed by atoms with Gasteiger partial charge in [-0.1, -0.05) is 6.07 Å². The molecule has 0 spiro atoms. The van der Waals surface area contributed by atoms with Crippen LogP contribution in [0.25, 0.3) is 11.0 Å². The van der Waals surface area contributed by atoms with Crippen LogP contribution in [0, 0.1) is 0 Å². The standard InChI is InChI=1S/C19H18N4O3/c1-22-16-15(18(25)23(2)19(22)26)9-14(10-20-16)21-17(24)13-7-6-11-4-3-5-12(11)8-13/h6-10H,3-5H2,1-2H3,(H,21,24). The van der Waals surface area contributed by atoms with Crippen molar-refractivity contribution in [3.05, 3.63) is 68.0 Å². The number of rotatable bonds is 2. The molecule has 0 unspecified atom stereocenters. The van der Waals surface area contributed by atoms with Crippen LogP contribution in [0.5, 0.6) is 0 Å². The Labute approximate surface area is 148 Å². The molecule has 4 rings (SSSR count). The predicted molar refractivity (Wildman–Crippen MR) is 98.6 cm³/mol. The quantitative estimate of drug-likeness (QED) is 0.756. The first-order valence-electron chi connectivity index (χ1n) is 8.44. The molecule has 132 valence electrons. The Morgan fingerprint density at radius 2 is 1.85 bits per heavy atom. The fraction of sp³-hybridized carbons (Fsp3) is 0.263. The number of nitrogens with zero attached hydrogens (tertiary/aromatic N) is 3. The average Bonchev–Trinajstić information content (AvgIpc) is 3.12. The van der Waals surface area contributed by atoms with Crippen LogP contribution in [0.2, 0.25) is 0 Å². The summed E-state index contributed by atoms with van der Waals surface area (Å²) in [5, 5.41) is 3.06. The number of carbonyl (C=O) groups excluding carboxylic acids is 1. The minimum Gasteiger partial charge on any atom is -0.321 e. The Hall–Kier alpha value is -3.22. The molecule has 1 aliphatic rings. The zero-order chi connectivity index (χ0) is 18.4. The number of benzene rings is 1. The number of aryl methyl sites for hydroxylation is 3. The molecule has 2 aromatic heterocycles. The van der Waals surface area contributed by atoms with E-state index in [1.54, 1.807) is 13.1 Å². The molecule has 0 atom stereocenters. The van der Waals surface area contributed by atoms with E-state index in [0.29, 0.717) is 11.3 Å². The van der Waals surface area contributed by atoms with E-state index >= 15 is 0 Å². The molecule has 2 heterocycles. The van der Waals surface area contributed by atoms with Gasteiger partial charge in [-0.05, 0) is 48.6 Å². The van der Waals surface area contributed by atoms with Gasteiger partial charge in [-0.25, -0.2) is 9.78 Å². The number of aromatic nitrogens is 3. The molecule has 26 heavy (non-hydrogen) atoms. The van der Waals surface area contributed by atoms with Crippen molar-refractivity contribution in [1.82, 2.24) is 14.1 Å². The summed E-state index contributed by atoms with van der Waals surface area (Å²) in [4.78, 5) is 41.0. The molecule has 7 heteroatoms. The molecule has 1 amide bonds. The topological polar surface area (TPSA) is 86.0 Å². The molecule has 1 aromatic carbocycles. The second kappa shape index (κ2) is 5.94. The molecule has 0 bridgehead atoms. The Kier molecular flexibility index (Phi) is 3.72. The van der Waals surface area contributed by atoms with Crippen molar-refractivity contribution in [2.75, 3.05) is 5.32 Å². The Morgan fingerprint density at radius 1 is 1.08 bits per heavy atom. The molecule has 0 radical (unpaired) electrons. The molecule has 0 aliphatic heterocycles. The lowest BCUT2D eigenvalue weighted by atomic mass is 10.1. The summed E-state index contributed by atoms with van der Waals surface area (Å²) in [6.07, 6.45) is 4.63. The lowest BCUT2D eigenvalue weighted by Crippen LogP contribution is -2.37. The fourth-order valence-corrected chi connectivity index (χ4v) is 3.45. The number of anilines is 1. The maximum atomic E-state index is 12.5. The molecule has 0 saturated carbocycles. The van der Waals surface area contributed by atoms with E-state index in [2.05, 4.69) is 10.3 Å². The van der Waals surface area contributed by atoms with Gasteiger partial charge in [0.2, 0.25) is 0 Å². The van der Waals surface area contributed by atoms with Gasteiger partial charge >= 0.3 is 5.69 Å². The lowest BCUT2D eigenvalue weighted by Gasteiger charge is -2.10. The monoisotopic (exact) mass is 350 g/mol. The van der Waals surface area contributed by atoms with E-state index in [1.807, 2.05) is 18.2 Å². The SMILES string of the molecule is Cn1c(=O)c2cc(NC(=O)c3ccc4c(c3)CCC4)cnc2n(C)c1=O. The molecule has 7 nitrogen and oxygen atoms in total. The summed E-state index contributed by atoms with van der Waals surface area (Å²) in [7, 11) is 2.97. The van der Waals surface area contributed by atoms with E-state index in [4.69, 9.17) is 0 Å². The first kappa shape index (κ1) is 16.3. The molecule has 1 aliphatic carbocycles. The third kappa shape index (κ3) is 2.52. The van der Waals surface area contributed by atoms with Gasteiger partial charge in [-0.15, -0.1) is 0 Å². The third-order valence-electron chi connectivity index (χ3n) is 4.91. The van der Waals surface area contributed by atoms with E-state index in [0.717, 1.165) is 23.8 Å². The molecule has 3 aromatic rings. The summed E-state index contributed by atoms with van der Waals surface area (Å²) in [5.74, 6) is -0.248. The van der Waals surface area contributed by atoms with Crippen molar-refractivity contribution >= 4 is 22.6 Å². The van der Waals surface area contributed by atoms with Crippen molar-refractivity contribution < 1.29 is 4.79 Å². The lowest BCUT2D eigenvalue weighted by molar-refractivity contribution is 0.102. The number of hydrogen-bond acceptors (Lipinski definition) is 4. The number of carbonyl (C=O) groups is 1. The van der Waals surface area contributed by atoms with E-state index in [-0.39, 0.29) is 16.9 Å². The third-order valence-corrected chi connectivity index (χ3v) is 4.91. The zero-order valence-electron chi connectivity index (χ0n) is 14.6. The Bertz CT molecular complexity index is 1170. The largest absolute Gasteiger partial charge is 0.332 e. The number of hydrogen-bond donors (Lipinski definition) is 1. The summed E-state index contributed by atoms with van der Waals surface area (Å²) in [6, 6.07) is 7.29. The van der Waals surface area contributed by atoms with Crippen LogP contribution < -0.4 is 16.6 Å². The second-order valence-corrected chi connectivity index (χ2v) is 6.59. The molecule has 0 fully saturated rings. The van der Waals surface area contributed by atoms with Crippen molar-refractivity contribution in [3.8, 4) is 0 Å². The van der Waals surface area contributed by atoms with Gasteiger partial charge in [0, 0.05) is 19.7 Å². The van der Waals surface area contributed by atoms with Crippen molar-refractivity contribution in [1.29, 1.82) is 0 Å². The van der Waals surface area contributed by atoms with Crippen LogP contribution in [0.15, 0.2) is 40.1 Å². The summed E-state index contributed by atoms with van der Waals surface area (Å²) in [5.41, 5.74) is 2.93. The molecule has 1 N–H and O–H groups in total. The maximum absolute atomic E-state index is 12.5. The summed E-state index contributed by atoms with van der Waals surface area (Å²) in [6.45, 7) is 0. The van der Waals surface area contributed by atoms with Crippen LogP contribution in [-0.2, 0) is 26.9 Å². The van der Waals surface area contributed by atoms with E-state index in [9.17, 15) is 14.4 Å². The minimum atomic E-state index is -0.441. The van der Waals surface area contributed by atoms with Gasteiger partial charge in [-0.3, -0.25) is 18.7 Å². The number of fused-ring (bicyclic) bond motifs is 2. The van der Waals surface area contributed by atoms with Gasteiger partial charge in [0.05, 0.1) is 17.3 Å². The highest BCUT2D eigenvalue weighted by Gasteiger charge is 2.15. The van der Waals surface area contributed by atoms with E-state index in [1.165, 1.54) is 28.9 Å². The van der Waals surface area contributed by atoms with E-state index < -0.39 is 11.2 Å². The van der Waals surface area contributed by atoms with Crippen LogP contribution >= 0.6 is 0 Å². The summed E-state index contributed by atoms with van der Waals surface area (Å²) < 4.78 is 2.33. The van der Waals surface area contributed by atoms with Gasteiger partial charge in [0.15, 0.2) is 0 Å². The van der Waals surface area contributed by atoms with Crippen molar-refractivity contribution in [2.45, 2.75) is 19.3 Å². The average molecular weight is 350 g/mol. The molecular weight excluding hydrogens is 332 g/mol. The van der Waals surface area contributed by atoms with Crippen LogP contribution in [0.1, 0.15) is 27.9 Å². The van der Waals surface area contributed by atoms with Crippen LogP contribution in [0.3, 0.4) is 0 Å². The van der Waals surface area contributed by atoms with Crippen molar-refractivity contribution in [2.24, 2.45) is 14.1 Å². The molecule has 0 saturated heterocycles. The zero-order valence-corrected chi connectivity index (χ0v) is 14.6. The Morgan fingerprint density at radius 3 is 2.65 bits per heavy atom. The maximum Gasteiger partial charge on any atom is 0.332 e. The second-order valence-electron chi connectivity index (χ2n) is 6.59. The van der Waals surface area contributed by atoms with Crippen LogP contribution in [-0.4, -0.2) is 20.0 Å². The highest BCUT2D eigenvalue weighted by atomic mass is 16.2. The molecular formula is C19H18N4O3.